The molecule has 0 aliphatic rings. The van der Waals surface area contributed by atoms with Crippen LogP contribution in [0.15, 0.2) is 60.0 Å². The van der Waals surface area contributed by atoms with Crippen LogP contribution in [0, 0.1) is 24.0 Å². The van der Waals surface area contributed by atoms with E-state index < -0.39 is 14.9 Å². The number of nitro groups is 1. The Morgan fingerprint density at radius 3 is 2.57 bits per heavy atom. The van der Waals surface area contributed by atoms with Crippen LogP contribution in [0.1, 0.15) is 17.5 Å². The fourth-order valence-corrected chi connectivity index (χ4v) is 4.17. The number of nitro benzene ring substituents is 1. The molecule has 0 aliphatic heterocycles. The zero-order valence-corrected chi connectivity index (χ0v) is 17.5. The summed E-state index contributed by atoms with van der Waals surface area (Å²) in [5.74, 6) is 0. The number of aryl methyl sites for hydroxylation is 3. The summed E-state index contributed by atoms with van der Waals surface area (Å²) in [6.07, 6.45) is 5.95. The number of nitrogens with one attached hydrogen (secondary N) is 2. The molecule has 0 bridgehead atoms. The van der Waals surface area contributed by atoms with Crippen LogP contribution in [0.4, 0.5) is 17.1 Å². The molecule has 0 unspecified atom stereocenters. The van der Waals surface area contributed by atoms with Gasteiger partial charge >= 0.3 is 0 Å². The first-order chi connectivity index (χ1) is 14.3. The van der Waals surface area contributed by atoms with Crippen LogP contribution in [0.3, 0.4) is 0 Å². The molecule has 0 amide bonds. The standard InChI is InChI=1S/C20H23N5O4S/c1-15-4-6-18(16(2)12-15)23-30(28,29)17-5-7-19(20(13-17)25(26)27)22-8-3-10-24-11-9-21-14-24/h4-7,9,11-14,22-23H,3,8,10H2,1-2H3. The first kappa shape index (κ1) is 21.3. The quantitative estimate of drug-likeness (QED) is 0.304. The number of anilines is 2. The van der Waals surface area contributed by atoms with E-state index >= 15 is 0 Å². The van der Waals surface area contributed by atoms with Crippen LogP contribution in [-0.4, -0.2) is 29.4 Å². The van der Waals surface area contributed by atoms with Crippen molar-refractivity contribution < 1.29 is 13.3 Å². The number of nitrogens with zero attached hydrogens (tertiary/aromatic N) is 3. The van der Waals surface area contributed by atoms with Crippen LogP contribution in [0.2, 0.25) is 0 Å². The van der Waals surface area contributed by atoms with Gasteiger partial charge in [-0.25, -0.2) is 13.4 Å². The van der Waals surface area contributed by atoms with Crippen molar-refractivity contribution in [1.82, 2.24) is 9.55 Å². The van der Waals surface area contributed by atoms with Crippen molar-refractivity contribution in [3.8, 4) is 0 Å². The second kappa shape index (κ2) is 8.95. The number of aromatic nitrogens is 2. The maximum Gasteiger partial charge on any atom is 0.293 e. The fourth-order valence-electron chi connectivity index (χ4n) is 3.01. The molecule has 3 rings (SSSR count). The van der Waals surface area contributed by atoms with Gasteiger partial charge in [-0.15, -0.1) is 0 Å². The van der Waals surface area contributed by atoms with E-state index in [1.54, 1.807) is 31.6 Å². The number of rotatable bonds is 9. The number of sulfonamides is 1. The molecule has 0 fully saturated rings. The van der Waals surface area contributed by atoms with Crippen molar-refractivity contribution in [2.24, 2.45) is 0 Å². The Balaban J connectivity index is 1.75. The third kappa shape index (κ3) is 5.15. The molecule has 0 atom stereocenters. The van der Waals surface area contributed by atoms with Gasteiger partial charge in [-0.3, -0.25) is 14.8 Å². The van der Waals surface area contributed by atoms with E-state index in [1.165, 1.54) is 12.1 Å². The van der Waals surface area contributed by atoms with Crippen LogP contribution in [0.5, 0.6) is 0 Å². The summed E-state index contributed by atoms with van der Waals surface area (Å²) in [6.45, 7) is 4.92. The lowest BCUT2D eigenvalue weighted by atomic mass is 10.1. The Labute approximate surface area is 175 Å². The summed E-state index contributed by atoms with van der Waals surface area (Å²) in [5.41, 5.74) is 2.20. The third-order valence-electron chi connectivity index (χ3n) is 4.57. The van der Waals surface area contributed by atoms with Gasteiger partial charge in [0.1, 0.15) is 5.69 Å². The molecule has 0 radical (unpaired) electrons. The number of imidazole rings is 1. The summed E-state index contributed by atoms with van der Waals surface area (Å²) in [7, 11) is -3.97. The molecule has 0 aliphatic carbocycles. The Hall–Kier alpha value is -3.40. The largest absolute Gasteiger partial charge is 0.379 e. The van der Waals surface area contributed by atoms with Crippen LogP contribution >= 0.6 is 0 Å². The monoisotopic (exact) mass is 429 g/mol. The van der Waals surface area contributed by atoms with Crippen molar-refractivity contribution in [3.63, 3.8) is 0 Å². The van der Waals surface area contributed by atoms with E-state index in [0.717, 1.165) is 23.6 Å². The van der Waals surface area contributed by atoms with Gasteiger partial charge in [0.15, 0.2) is 0 Å². The highest BCUT2D eigenvalue weighted by molar-refractivity contribution is 7.92. The van der Waals surface area contributed by atoms with Gasteiger partial charge in [-0.1, -0.05) is 17.7 Å². The molecule has 1 heterocycles. The average molecular weight is 430 g/mol. The van der Waals surface area contributed by atoms with Gasteiger partial charge < -0.3 is 9.88 Å². The molecule has 1 aromatic heterocycles. The average Bonchev–Trinajstić information content (AvgIpc) is 3.21. The molecule has 158 valence electrons. The lowest BCUT2D eigenvalue weighted by Gasteiger charge is -2.12. The lowest BCUT2D eigenvalue weighted by Crippen LogP contribution is -2.14. The van der Waals surface area contributed by atoms with Crippen molar-refractivity contribution in [1.29, 1.82) is 0 Å². The second-order valence-electron chi connectivity index (χ2n) is 6.94. The minimum atomic E-state index is -3.97. The number of hydrogen-bond acceptors (Lipinski definition) is 6. The predicted octanol–water partition coefficient (Wildman–Crippen LogP) is 3.71. The predicted molar refractivity (Wildman–Crippen MR) is 115 cm³/mol. The zero-order chi connectivity index (χ0) is 21.7. The first-order valence-corrected chi connectivity index (χ1v) is 10.8. The van der Waals surface area contributed by atoms with Crippen molar-refractivity contribution in [2.45, 2.75) is 31.7 Å². The van der Waals surface area contributed by atoms with E-state index in [-0.39, 0.29) is 16.3 Å². The van der Waals surface area contributed by atoms with Crippen LogP contribution in [0.25, 0.3) is 0 Å². The van der Waals surface area contributed by atoms with E-state index in [0.29, 0.717) is 18.8 Å². The molecule has 30 heavy (non-hydrogen) atoms. The Morgan fingerprint density at radius 1 is 1.13 bits per heavy atom. The highest BCUT2D eigenvalue weighted by Crippen LogP contribution is 2.29. The second-order valence-corrected chi connectivity index (χ2v) is 8.62. The maximum atomic E-state index is 12.8. The normalized spacial score (nSPS) is 11.3. The van der Waals surface area contributed by atoms with Gasteiger partial charge in [0.05, 0.1) is 21.8 Å². The number of hydrogen-bond donors (Lipinski definition) is 2. The molecule has 0 saturated carbocycles. The minimum Gasteiger partial charge on any atom is -0.379 e. The van der Waals surface area contributed by atoms with Gasteiger partial charge in [0, 0.05) is 31.5 Å². The molecule has 2 N–H and O–H groups in total. The fraction of sp³-hybridized carbons (Fsp3) is 0.250. The molecule has 0 saturated heterocycles. The molecular formula is C20H23N5O4S. The molecule has 9 nitrogen and oxygen atoms in total. The van der Waals surface area contributed by atoms with Gasteiger partial charge in [0.2, 0.25) is 0 Å². The Bertz CT molecular complexity index is 1140. The third-order valence-corrected chi connectivity index (χ3v) is 5.93. The summed E-state index contributed by atoms with van der Waals surface area (Å²) >= 11 is 0. The number of benzene rings is 2. The molecule has 2 aromatic carbocycles. The Kier molecular flexibility index (Phi) is 6.36. The van der Waals surface area contributed by atoms with Crippen LogP contribution in [-0.2, 0) is 16.6 Å². The topological polar surface area (TPSA) is 119 Å². The minimum absolute atomic E-state index is 0.168. The van der Waals surface area contributed by atoms with Gasteiger partial charge in [-0.2, -0.15) is 0 Å². The highest BCUT2D eigenvalue weighted by atomic mass is 32.2. The molecular weight excluding hydrogens is 406 g/mol. The van der Waals surface area contributed by atoms with Gasteiger partial charge in [0.25, 0.3) is 15.7 Å². The summed E-state index contributed by atoms with van der Waals surface area (Å²) in [5, 5.41) is 14.5. The molecule has 10 heteroatoms. The summed E-state index contributed by atoms with van der Waals surface area (Å²) in [4.78, 5) is 14.7. The lowest BCUT2D eigenvalue weighted by molar-refractivity contribution is -0.384. The van der Waals surface area contributed by atoms with Crippen molar-refractivity contribution >= 4 is 27.1 Å². The van der Waals surface area contributed by atoms with E-state index in [1.807, 2.05) is 23.8 Å². The highest BCUT2D eigenvalue weighted by Gasteiger charge is 2.22. The van der Waals surface area contributed by atoms with Crippen LogP contribution < -0.4 is 10.0 Å². The SMILES string of the molecule is Cc1ccc(NS(=O)(=O)c2ccc(NCCCn3ccnc3)c([N+](=O)[O-])c2)c(C)c1. The summed E-state index contributed by atoms with van der Waals surface area (Å²) < 4.78 is 29.9. The molecule has 0 spiro atoms. The van der Waals surface area contributed by atoms with Crippen molar-refractivity contribution in [3.05, 3.63) is 76.4 Å². The van der Waals surface area contributed by atoms with E-state index in [2.05, 4.69) is 15.0 Å². The van der Waals surface area contributed by atoms with E-state index in [9.17, 15) is 18.5 Å². The summed E-state index contributed by atoms with van der Waals surface area (Å²) in [6, 6.07) is 9.18. The molecule has 3 aromatic rings. The van der Waals surface area contributed by atoms with Crippen molar-refractivity contribution in [2.75, 3.05) is 16.6 Å². The first-order valence-electron chi connectivity index (χ1n) is 9.34. The zero-order valence-electron chi connectivity index (χ0n) is 16.7. The van der Waals surface area contributed by atoms with Gasteiger partial charge in [-0.05, 0) is 44.0 Å². The maximum absolute atomic E-state index is 12.8. The smallest absolute Gasteiger partial charge is 0.293 e. The Morgan fingerprint density at radius 2 is 1.90 bits per heavy atom. The van der Waals surface area contributed by atoms with E-state index in [4.69, 9.17) is 0 Å².